The van der Waals surface area contributed by atoms with Crippen molar-refractivity contribution in [3.8, 4) is 5.75 Å². The van der Waals surface area contributed by atoms with Crippen molar-refractivity contribution < 1.29 is 14.6 Å². The first kappa shape index (κ1) is 15.5. The molecule has 1 aromatic heterocycles. The smallest absolute Gasteiger partial charge is 0.355 e. The second kappa shape index (κ2) is 6.26. The first-order valence-corrected chi connectivity index (χ1v) is 6.68. The maximum Gasteiger partial charge on any atom is 0.355 e. The van der Waals surface area contributed by atoms with E-state index in [9.17, 15) is 19.5 Å². The van der Waals surface area contributed by atoms with Crippen molar-refractivity contribution in [2.75, 3.05) is 6.61 Å². The zero-order valence-corrected chi connectivity index (χ0v) is 12.0. The molecular weight excluding hydrogens is 286 g/mol. The standard InChI is InChI=1S/C16H15NO5/c1-3-7-17-11-5-6-13(18)15(20)8-10(11)14(19)9-12(17)16(21)22-4-2/h3,5-6,8-9H,1,4,7H2,2H3,(H,18,20). The van der Waals surface area contributed by atoms with E-state index in [4.69, 9.17) is 4.74 Å². The molecule has 0 unspecified atom stereocenters. The average Bonchev–Trinajstić information content (AvgIpc) is 2.63. The Morgan fingerprint density at radius 3 is 2.68 bits per heavy atom. The van der Waals surface area contributed by atoms with Crippen LogP contribution < -0.4 is 10.9 Å². The van der Waals surface area contributed by atoms with E-state index in [1.807, 2.05) is 0 Å². The summed E-state index contributed by atoms with van der Waals surface area (Å²) < 4.78 is 6.46. The molecule has 1 N–H and O–H groups in total. The molecule has 0 aliphatic rings. The van der Waals surface area contributed by atoms with Crippen LogP contribution >= 0.6 is 0 Å². The highest BCUT2D eigenvalue weighted by atomic mass is 16.5. The highest BCUT2D eigenvalue weighted by Gasteiger charge is 2.16. The van der Waals surface area contributed by atoms with E-state index in [1.165, 1.54) is 10.6 Å². The third-order valence-electron chi connectivity index (χ3n) is 3.11. The number of fused-ring (bicyclic) bond motifs is 1. The number of nitrogens with zero attached hydrogens (tertiary/aromatic N) is 1. The van der Waals surface area contributed by atoms with Crippen LogP contribution in [-0.4, -0.2) is 22.2 Å². The highest BCUT2D eigenvalue weighted by Crippen LogP contribution is 2.15. The number of esters is 1. The Morgan fingerprint density at radius 1 is 1.32 bits per heavy atom. The molecule has 0 fully saturated rings. The maximum atomic E-state index is 12.2. The van der Waals surface area contributed by atoms with E-state index in [1.54, 1.807) is 13.0 Å². The fourth-order valence-electron chi connectivity index (χ4n) is 2.15. The largest absolute Gasteiger partial charge is 0.504 e. The van der Waals surface area contributed by atoms with E-state index in [0.717, 1.165) is 18.2 Å². The number of hydrogen-bond acceptors (Lipinski definition) is 5. The van der Waals surface area contributed by atoms with Gasteiger partial charge in [0.25, 0.3) is 0 Å². The summed E-state index contributed by atoms with van der Waals surface area (Å²) >= 11 is 0. The van der Waals surface area contributed by atoms with E-state index in [-0.39, 0.29) is 24.2 Å². The van der Waals surface area contributed by atoms with Gasteiger partial charge in [-0.05, 0) is 25.1 Å². The number of hydrogen-bond donors (Lipinski definition) is 1. The molecule has 0 aliphatic carbocycles. The minimum atomic E-state index is -0.638. The minimum Gasteiger partial charge on any atom is -0.504 e. The molecule has 0 aliphatic heterocycles. The van der Waals surface area contributed by atoms with Gasteiger partial charge in [-0.15, -0.1) is 6.58 Å². The van der Waals surface area contributed by atoms with Crippen LogP contribution in [0, 0.1) is 0 Å². The van der Waals surface area contributed by atoms with Gasteiger partial charge in [-0.25, -0.2) is 4.79 Å². The summed E-state index contributed by atoms with van der Waals surface area (Å²) in [7, 11) is 0. The third kappa shape index (κ3) is 2.76. The van der Waals surface area contributed by atoms with Gasteiger partial charge < -0.3 is 14.4 Å². The van der Waals surface area contributed by atoms with Gasteiger partial charge >= 0.3 is 5.97 Å². The molecule has 114 valence electrons. The zero-order valence-electron chi connectivity index (χ0n) is 12.0. The second-order valence-corrected chi connectivity index (χ2v) is 4.54. The van der Waals surface area contributed by atoms with Crippen LogP contribution in [-0.2, 0) is 11.3 Å². The van der Waals surface area contributed by atoms with Crippen LogP contribution in [0.3, 0.4) is 0 Å². The predicted octanol–water partition coefficient (Wildman–Crippen LogP) is 1.43. The normalized spacial score (nSPS) is 10.4. The minimum absolute atomic E-state index is 0.0670. The van der Waals surface area contributed by atoms with Crippen LogP contribution in [0.4, 0.5) is 0 Å². The quantitative estimate of drug-likeness (QED) is 0.682. The lowest BCUT2D eigenvalue weighted by molar-refractivity contribution is 0.0514. The Balaban J connectivity index is 2.93. The Hall–Kier alpha value is -2.89. The molecule has 22 heavy (non-hydrogen) atoms. The lowest BCUT2D eigenvalue weighted by atomic mass is 10.2. The van der Waals surface area contributed by atoms with Gasteiger partial charge in [-0.3, -0.25) is 9.59 Å². The van der Waals surface area contributed by atoms with Gasteiger partial charge in [0.05, 0.1) is 12.1 Å². The van der Waals surface area contributed by atoms with E-state index < -0.39 is 22.6 Å². The van der Waals surface area contributed by atoms with Crippen molar-refractivity contribution in [2.24, 2.45) is 0 Å². The number of carbonyl (C=O) groups excluding carboxylic acids is 1. The first-order valence-electron chi connectivity index (χ1n) is 6.68. The summed E-state index contributed by atoms with van der Waals surface area (Å²) in [5, 5.41) is 9.75. The van der Waals surface area contributed by atoms with Crippen molar-refractivity contribution in [3.63, 3.8) is 0 Å². The molecule has 0 saturated heterocycles. The number of ether oxygens (including phenoxy) is 1. The predicted molar refractivity (Wildman–Crippen MR) is 82.3 cm³/mol. The molecule has 1 aromatic carbocycles. The van der Waals surface area contributed by atoms with Gasteiger partial charge in [0.15, 0.2) is 11.2 Å². The van der Waals surface area contributed by atoms with Crippen molar-refractivity contribution >= 4 is 16.9 Å². The second-order valence-electron chi connectivity index (χ2n) is 4.54. The molecule has 0 spiro atoms. The van der Waals surface area contributed by atoms with Crippen LogP contribution in [0.25, 0.3) is 10.9 Å². The molecule has 2 aromatic rings. The summed E-state index contributed by atoms with van der Waals surface area (Å²) in [5.41, 5.74) is -0.687. The molecule has 6 nitrogen and oxygen atoms in total. The Labute approximate surface area is 125 Å². The summed E-state index contributed by atoms with van der Waals surface area (Å²) in [6.07, 6.45) is 1.55. The molecule has 2 rings (SSSR count). The van der Waals surface area contributed by atoms with E-state index in [2.05, 4.69) is 6.58 Å². The zero-order chi connectivity index (χ0) is 16.3. The van der Waals surface area contributed by atoms with E-state index >= 15 is 0 Å². The maximum absolute atomic E-state index is 12.2. The fourth-order valence-corrected chi connectivity index (χ4v) is 2.15. The number of rotatable bonds is 4. The van der Waals surface area contributed by atoms with E-state index in [0.29, 0.717) is 5.52 Å². The monoisotopic (exact) mass is 301 g/mol. The number of carbonyl (C=O) groups is 1. The highest BCUT2D eigenvalue weighted by molar-refractivity contribution is 5.91. The lowest BCUT2D eigenvalue weighted by Gasteiger charge is -2.13. The summed E-state index contributed by atoms with van der Waals surface area (Å²) in [6, 6.07) is 4.78. The molecular formula is C16H15NO5. The number of allylic oxidation sites excluding steroid dienone is 1. The van der Waals surface area contributed by atoms with Crippen LogP contribution in [0.15, 0.2) is 46.5 Å². The van der Waals surface area contributed by atoms with Crippen LogP contribution in [0.2, 0.25) is 0 Å². The number of pyridine rings is 1. The molecule has 6 heteroatoms. The molecule has 0 atom stereocenters. The summed E-state index contributed by atoms with van der Waals surface area (Å²) in [6.45, 7) is 5.70. The summed E-state index contributed by atoms with van der Waals surface area (Å²) in [4.78, 5) is 35.8. The molecule has 1 heterocycles. The van der Waals surface area contributed by atoms with Gasteiger partial charge in [0.2, 0.25) is 5.43 Å². The Kier molecular flexibility index (Phi) is 4.41. The number of aromatic hydroxyl groups is 1. The van der Waals surface area contributed by atoms with Gasteiger partial charge in [-0.1, -0.05) is 6.08 Å². The Morgan fingerprint density at radius 2 is 2.05 bits per heavy atom. The lowest BCUT2D eigenvalue weighted by Crippen LogP contribution is -2.19. The number of aromatic nitrogens is 1. The van der Waals surface area contributed by atoms with Crippen LogP contribution in [0.5, 0.6) is 5.75 Å². The van der Waals surface area contributed by atoms with Crippen molar-refractivity contribution in [3.05, 3.63) is 63.1 Å². The van der Waals surface area contributed by atoms with Gasteiger partial charge in [0, 0.05) is 18.0 Å². The molecule has 0 radical (unpaired) electrons. The fraction of sp³-hybridized carbons (Fsp3) is 0.188. The van der Waals surface area contributed by atoms with Crippen molar-refractivity contribution in [1.29, 1.82) is 0 Å². The van der Waals surface area contributed by atoms with Gasteiger partial charge in [-0.2, -0.15) is 0 Å². The van der Waals surface area contributed by atoms with Crippen molar-refractivity contribution in [1.82, 2.24) is 4.57 Å². The Bertz CT molecular complexity index is 867. The molecule has 0 bridgehead atoms. The first-order chi connectivity index (χ1) is 10.5. The molecule has 0 saturated carbocycles. The van der Waals surface area contributed by atoms with Crippen molar-refractivity contribution in [2.45, 2.75) is 13.5 Å². The SMILES string of the molecule is C=CCn1c(C(=O)OCC)cc(=O)c2cc(O)c(=O)ccc21. The molecule has 0 amide bonds. The van der Waals surface area contributed by atoms with Gasteiger partial charge in [0.1, 0.15) is 5.69 Å². The third-order valence-corrected chi connectivity index (χ3v) is 3.11. The summed E-state index contributed by atoms with van der Waals surface area (Å²) in [5.74, 6) is -1.16. The van der Waals surface area contributed by atoms with Crippen LogP contribution in [0.1, 0.15) is 17.4 Å². The average molecular weight is 301 g/mol. The topological polar surface area (TPSA) is 85.6 Å².